The zero-order valence-electron chi connectivity index (χ0n) is 9.60. The van der Waals surface area contributed by atoms with Gasteiger partial charge in [-0.2, -0.15) is 5.10 Å². The van der Waals surface area contributed by atoms with Crippen LogP contribution < -0.4 is 0 Å². The molecule has 1 aromatic heterocycles. The molecule has 0 aliphatic heterocycles. The van der Waals surface area contributed by atoms with Gasteiger partial charge in [-0.25, -0.2) is 4.68 Å². The van der Waals surface area contributed by atoms with Gasteiger partial charge >= 0.3 is 0 Å². The molecule has 0 saturated heterocycles. The van der Waals surface area contributed by atoms with Crippen LogP contribution in [0.5, 0.6) is 0 Å². The van der Waals surface area contributed by atoms with Gasteiger partial charge in [0.1, 0.15) is 5.70 Å². The molecule has 0 fully saturated rings. The van der Waals surface area contributed by atoms with Crippen molar-refractivity contribution in [1.82, 2.24) is 9.78 Å². The third kappa shape index (κ3) is 2.47. The molecular weight excluding hydrogens is 271 g/mol. The lowest BCUT2D eigenvalue weighted by molar-refractivity contribution is 0.105. The predicted octanol–water partition coefficient (Wildman–Crippen LogP) is 3.93. The van der Waals surface area contributed by atoms with E-state index in [4.69, 9.17) is 23.2 Å². The molecule has 1 aromatic carbocycles. The second kappa shape index (κ2) is 5.38. The number of allylic oxidation sites excluding steroid dienone is 2. The molecule has 3 nitrogen and oxygen atoms in total. The Morgan fingerprint density at radius 1 is 1.39 bits per heavy atom. The first kappa shape index (κ1) is 12.9. The molecule has 0 atom stereocenters. The Labute approximate surface area is 115 Å². The zero-order valence-corrected chi connectivity index (χ0v) is 11.1. The highest BCUT2D eigenvalue weighted by atomic mass is 35.5. The number of benzene rings is 1. The van der Waals surface area contributed by atoms with Crippen molar-refractivity contribution in [1.29, 1.82) is 0 Å². The van der Waals surface area contributed by atoms with Crippen molar-refractivity contribution in [3.05, 3.63) is 58.3 Å². The summed E-state index contributed by atoms with van der Waals surface area (Å²) < 4.78 is 1.51. The van der Waals surface area contributed by atoms with Crippen molar-refractivity contribution in [2.45, 2.75) is 6.92 Å². The first-order valence-electron chi connectivity index (χ1n) is 5.29. The number of halogens is 2. The van der Waals surface area contributed by atoms with Crippen molar-refractivity contribution >= 4 is 34.7 Å². The van der Waals surface area contributed by atoms with E-state index in [9.17, 15) is 4.79 Å². The lowest BCUT2D eigenvalue weighted by Crippen LogP contribution is -2.10. The summed E-state index contributed by atoms with van der Waals surface area (Å²) in [7, 11) is 0. The van der Waals surface area contributed by atoms with Crippen LogP contribution in [0.1, 0.15) is 17.3 Å². The SMILES string of the molecule is CC=C(C(=O)c1ccc(Cl)cc1Cl)n1cccn1. The van der Waals surface area contributed by atoms with Gasteiger partial charge in [-0.15, -0.1) is 0 Å². The van der Waals surface area contributed by atoms with Gasteiger partial charge in [0, 0.05) is 23.0 Å². The van der Waals surface area contributed by atoms with E-state index < -0.39 is 0 Å². The molecule has 0 aliphatic carbocycles. The lowest BCUT2D eigenvalue weighted by atomic mass is 10.1. The Balaban J connectivity index is 2.42. The van der Waals surface area contributed by atoms with Gasteiger partial charge in [0.25, 0.3) is 0 Å². The van der Waals surface area contributed by atoms with Crippen molar-refractivity contribution in [3.8, 4) is 0 Å². The van der Waals surface area contributed by atoms with E-state index in [2.05, 4.69) is 5.10 Å². The zero-order chi connectivity index (χ0) is 13.1. The van der Waals surface area contributed by atoms with E-state index >= 15 is 0 Å². The number of carbonyl (C=O) groups is 1. The van der Waals surface area contributed by atoms with Gasteiger partial charge in [0.15, 0.2) is 0 Å². The topological polar surface area (TPSA) is 34.9 Å². The number of rotatable bonds is 3. The Morgan fingerprint density at radius 2 is 2.17 bits per heavy atom. The van der Waals surface area contributed by atoms with Gasteiger partial charge in [-0.05, 0) is 31.2 Å². The summed E-state index contributed by atoms with van der Waals surface area (Å²) in [4.78, 5) is 12.3. The number of hydrogen-bond acceptors (Lipinski definition) is 2. The van der Waals surface area contributed by atoms with Crippen LogP contribution in [0.2, 0.25) is 10.0 Å². The highest BCUT2D eigenvalue weighted by molar-refractivity contribution is 6.39. The maximum absolute atomic E-state index is 12.3. The highest BCUT2D eigenvalue weighted by Gasteiger charge is 2.16. The molecule has 0 unspecified atom stereocenters. The van der Waals surface area contributed by atoms with Crippen LogP contribution in [0.3, 0.4) is 0 Å². The molecule has 92 valence electrons. The fourth-order valence-electron chi connectivity index (χ4n) is 1.59. The lowest BCUT2D eigenvalue weighted by Gasteiger charge is -2.08. The van der Waals surface area contributed by atoms with Gasteiger partial charge < -0.3 is 0 Å². The number of aromatic nitrogens is 2. The summed E-state index contributed by atoms with van der Waals surface area (Å²) >= 11 is 11.8. The quantitative estimate of drug-likeness (QED) is 0.631. The van der Waals surface area contributed by atoms with Gasteiger partial charge in [-0.1, -0.05) is 29.3 Å². The van der Waals surface area contributed by atoms with Gasteiger partial charge in [0.2, 0.25) is 5.78 Å². The van der Waals surface area contributed by atoms with Crippen molar-refractivity contribution in [2.24, 2.45) is 0 Å². The maximum Gasteiger partial charge on any atom is 0.212 e. The van der Waals surface area contributed by atoms with Gasteiger partial charge in [0.05, 0.1) is 5.02 Å². The standard InChI is InChI=1S/C13H10Cl2N2O/c1-2-12(17-7-3-6-16-17)13(18)10-5-4-9(14)8-11(10)15/h2-8H,1H3. The summed E-state index contributed by atoms with van der Waals surface area (Å²) in [5.41, 5.74) is 0.855. The fourth-order valence-corrected chi connectivity index (χ4v) is 2.08. The van der Waals surface area contributed by atoms with E-state index in [-0.39, 0.29) is 5.78 Å². The molecule has 1 heterocycles. The van der Waals surface area contributed by atoms with Crippen LogP contribution in [0.25, 0.3) is 5.70 Å². The molecule has 0 radical (unpaired) electrons. The molecule has 0 saturated carbocycles. The molecule has 18 heavy (non-hydrogen) atoms. The number of Topliss-reactive ketones (excluding diaryl/α,β-unsaturated/α-hetero) is 1. The van der Waals surface area contributed by atoms with Crippen molar-refractivity contribution < 1.29 is 4.79 Å². The third-order valence-electron chi connectivity index (χ3n) is 2.43. The summed E-state index contributed by atoms with van der Waals surface area (Å²) in [5, 5.41) is 4.87. The Bertz CT molecular complexity index is 603. The smallest absolute Gasteiger partial charge is 0.212 e. The summed E-state index contributed by atoms with van der Waals surface area (Å²) in [6.07, 6.45) is 5.01. The van der Waals surface area contributed by atoms with Gasteiger partial charge in [-0.3, -0.25) is 4.79 Å². The van der Waals surface area contributed by atoms with E-state index in [1.54, 1.807) is 49.7 Å². The second-order valence-corrected chi connectivity index (χ2v) is 4.42. The number of hydrogen-bond donors (Lipinski definition) is 0. The van der Waals surface area contributed by atoms with E-state index in [0.717, 1.165) is 0 Å². The van der Waals surface area contributed by atoms with Crippen molar-refractivity contribution in [2.75, 3.05) is 0 Å². The highest BCUT2D eigenvalue weighted by Crippen LogP contribution is 2.24. The molecule has 0 bridgehead atoms. The molecular formula is C13H10Cl2N2O. The van der Waals surface area contributed by atoms with Crippen LogP contribution in [0.4, 0.5) is 0 Å². The number of ketones is 1. The van der Waals surface area contributed by atoms with Crippen LogP contribution in [0, 0.1) is 0 Å². The summed E-state index contributed by atoms with van der Waals surface area (Å²) in [6.45, 7) is 1.78. The minimum Gasteiger partial charge on any atom is -0.287 e. The molecule has 0 N–H and O–H groups in total. The number of nitrogens with zero attached hydrogens (tertiary/aromatic N) is 2. The molecule has 5 heteroatoms. The maximum atomic E-state index is 12.3. The van der Waals surface area contributed by atoms with Crippen LogP contribution in [-0.2, 0) is 0 Å². The average Bonchev–Trinajstić information content (AvgIpc) is 2.83. The largest absolute Gasteiger partial charge is 0.287 e. The van der Waals surface area contributed by atoms with Crippen LogP contribution >= 0.6 is 23.2 Å². The fraction of sp³-hybridized carbons (Fsp3) is 0.0769. The average molecular weight is 281 g/mol. The summed E-state index contributed by atoms with van der Waals surface area (Å²) in [5.74, 6) is -0.192. The Hall–Kier alpha value is -1.58. The van der Waals surface area contributed by atoms with Crippen LogP contribution in [0.15, 0.2) is 42.7 Å². The molecule has 0 aliphatic rings. The minimum absolute atomic E-state index is 0.192. The molecule has 0 spiro atoms. The Kier molecular flexibility index (Phi) is 3.84. The number of carbonyl (C=O) groups excluding carboxylic acids is 1. The second-order valence-electron chi connectivity index (χ2n) is 3.58. The van der Waals surface area contributed by atoms with E-state index in [1.807, 2.05) is 0 Å². The van der Waals surface area contributed by atoms with E-state index in [0.29, 0.717) is 21.3 Å². The van der Waals surface area contributed by atoms with E-state index in [1.165, 1.54) is 4.68 Å². The predicted molar refractivity (Wildman–Crippen MR) is 73.0 cm³/mol. The van der Waals surface area contributed by atoms with Crippen molar-refractivity contribution in [3.63, 3.8) is 0 Å². The normalized spacial score (nSPS) is 11.6. The monoisotopic (exact) mass is 280 g/mol. The minimum atomic E-state index is -0.192. The molecule has 0 amide bonds. The first-order chi connectivity index (χ1) is 8.63. The Morgan fingerprint density at radius 3 is 2.72 bits per heavy atom. The van der Waals surface area contributed by atoms with Crippen LogP contribution in [-0.4, -0.2) is 15.6 Å². The third-order valence-corrected chi connectivity index (χ3v) is 2.98. The molecule has 2 rings (SSSR count). The molecule has 2 aromatic rings. The first-order valence-corrected chi connectivity index (χ1v) is 6.05. The summed E-state index contributed by atoms with van der Waals surface area (Å²) in [6, 6.07) is 6.55.